The lowest BCUT2D eigenvalue weighted by Crippen LogP contribution is -2.28. The molecule has 0 unspecified atom stereocenters. The van der Waals surface area contributed by atoms with Gasteiger partial charge in [-0.1, -0.05) is 84.9 Å². The third-order valence-electron chi connectivity index (χ3n) is 6.53. The summed E-state index contributed by atoms with van der Waals surface area (Å²) in [6.07, 6.45) is 0. The van der Waals surface area contributed by atoms with Crippen LogP contribution in [0.1, 0.15) is 22.3 Å². The first kappa shape index (κ1) is 17.8. The predicted molar refractivity (Wildman–Crippen MR) is 125 cm³/mol. The van der Waals surface area contributed by atoms with Gasteiger partial charge < -0.3 is 10.2 Å². The quantitative estimate of drug-likeness (QED) is 0.343. The monoisotopic (exact) mass is 400 g/mol. The Morgan fingerprint density at radius 3 is 1.74 bits per heavy atom. The molecule has 0 aromatic heterocycles. The minimum atomic E-state index is -0.561. The number of hydrogen-bond donors (Lipinski definition) is 2. The van der Waals surface area contributed by atoms with Crippen LogP contribution in [0, 0.1) is 0 Å². The highest BCUT2D eigenvalue weighted by molar-refractivity contribution is 6.00. The van der Waals surface area contributed by atoms with Gasteiger partial charge >= 0.3 is 0 Å². The molecule has 0 amide bonds. The first-order valence-corrected chi connectivity index (χ1v) is 10.4. The van der Waals surface area contributed by atoms with Gasteiger partial charge in [-0.05, 0) is 68.4 Å². The number of phenolic OH excluding ortho intramolecular Hbond substituents is 2. The Kier molecular flexibility index (Phi) is 3.72. The molecule has 0 aliphatic heterocycles. The summed E-state index contributed by atoms with van der Waals surface area (Å²) in [5.41, 5.74) is 6.48. The van der Waals surface area contributed by atoms with Crippen molar-refractivity contribution in [2.45, 2.75) is 5.41 Å². The maximum Gasteiger partial charge on any atom is 0.115 e. The van der Waals surface area contributed by atoms with Gasteiger partial charge in [0.1, 0.15) is 11.5 Å². The zero-order valence-corrected chi connectivity index (χ0v) is 16.8. The summed E-state index contributed by atoms with van der Waals surface area (Å²) < 4.78 is 0. The summed E-state index contributed by atoms with van der Waals surface area (Å²) in [7, 11) is 0. The maximum absolute atomic E-state index is 10.0. The van der Waals surface area contributed by atoms with E-state index in [0.29, 0.717) is 0 Å². The van der Waals surface area contributed by atoms with Gasteiger partial charge in [0, 0.05) is 0 Å². The number of phenols is 2. The number of rotatable bonds is 2. The molecule has 0 heterocycles. The van der Waals surface area contributed by atoms with Crippen molar-refractivity contribution in [3.05, 3.63) is 131 Å². The van der Waals surface area contributed by atoms with E-state index in [0.717, 1.165) is 11.1 Å². The van der Waals surface area contributed by atoms with E-state index in [1.54, 1.807) is 24.3 Å². The molecular formula is C29H20O2. The molecule has 1 aliphatic carbocycles. The zero-order chi connectivity index (χ0) is 21.0. The Morgan fingerprint density at radius 2 is 1.06 bits per heavy atom. The Morgan fingerprint density at radius 1 is 0.484 bits per heavy atom. The predicted octanol–water partition coefficient (Wildman–Crippen LogP) is 6.61. The van der Waals surface area contributed by atoms with Gasteiger partial charge in [-0.2, -0.15) is 0 Å². The molecule has 0 radical (unpaired) electrons. The van der Waals surface area contributed by atoms with Crippen LogP contribution in [0.4, 0.5) is 0 Å². The van der Waals surface area contributed by atoms with Crippen molar-refractivity contribution in [3.8, 4) is 22.6 Å². The first-order chi connectivity index (χ1) is 15.2. The molecule has 31 heavy (non-hydrogen) atoms. The van der Waals surface area contributed by atoms with Crippen molar-refractivity contribution in [1.29, 1.82) is 0 Å². The third-order valence-corrected chi connectivity index (χ3v) is 6.53. The molecule has 5 aromatic rings. The van der Waals surface area contributed by atoms with E-state index in [4.69, 9.17) is 0 Å². The number of aromatic hydroxyl groups is 2. The van der Waals surface area contributed by atoms with E-state index in [1.807, 2.05) is 24.3 Å². The Hall–Kier alpha value is -4.04. The highest BCUT2D eigenvalue weighted by Gasteiger charge is 2.47. The van der Waals surface area contributed by atoms with Crippen LogP contribution in [-0.2, 0) is 5.41 Å². The summed E-state index contributed by atoms with van der Waals surface area (Å²) in [4.78, 5) is 0. The second kappa shape index (κ2) is 6.48. The summed E-state index contributed by atoms with van der Waals surface area (Å²) in [5, 5.41) is 22.4. The lowest BCUT2D eigenvalue weighted by molar-refractivity contribution is 0.475. The van der Waals surface area contributed by atoms with E-state index in [9.17, 15) is 10.2 Å². The third kappa shape index (κ3) is 2.39. The second-order valence-electron chi connectivity index (χ2n) is 8.10. The fourth-order valence-electron chi connectivity index (χ4n) is 5.27. The molecule has 148 valence electrons. The number of benzene rings is 5. The van der Waals surface area contributed by atoms with Crippen LogP contribution in [0.15, 0.2) is 109 Å². The summed E-state index contributed by atoms with van der Waals surface area (Å²) in [6.45, 7) is 0. The molecule has 2 nitrogen and oxygen atoms in total. The Bertz CT molecular complexity index is 1390. The minimum Gasteiger partial charge on any atom is -0.508 e. The van der Waals surface area contributed by atoms with Crippen molar-refractivity contribution >= 4 is 10.8 Å². The normalized spacial score (nSPS) is 13.7. The van der Waals surface area contributed by atoms with Crippen LogP contribution in [0.25, 0.3) is 21.9 Å². The zero-order valence-electron chi connectivity index (χ0n) is 16.8. The van der Waals surface area contributed by atoms with Crippen molar-refractivity contribution in [3.63, 3.8) is 0 Å². The average molecular weight is 400 g/mol. The van der Waals surface area contributed by atoms with Gasteiger partial charge in [-0.15, -0.1) is 0 Å². The molecule has 6 rings (SSSR count). The van der Waals surface area contributed by atoms with E-state index in [2.05, 4.69) is 60.7 Å². The molecular weight excluding hydrogens is 380 g/mol. The lowest BCUT2D eigenvalue weighted by atomic mass is 9.66. The van der Waals surface area contributed by atoms with Crippen LogP contribution in [-0.4, -0.2) is 10.2 Å². The molecule has 2 heteroatoms. The molecule has 0 bridgehead atoms. The smallest absolute Gasteiger partial charge is 0.115 e. The molecule has 0 saturated carbocycles. The SMILES string of the molecule is Oc1ccc(C2(c3ccc(O)cc3)c3ccccc3-c3ccc4ccccc4c32)cc1. The average Bonchev–Trinajstić information content (AvgIpc) is 3.12. The molecule has 0 atom stereocenters. The van der Waals surface area contributed by atoms with Gasteiger partial charge in [-0.3, -0.25) is 0 Å². The van der Waals surface area contributed by atoms with Gasteiger partial charge in [0.15, 0.2) is 0 Å². The molecule has 0 spiro atoms. The fourth-order valence-corrected chi connectivity index (χ4v) is 5.27. The van der Waals surface area contributed by atoms with Crippen LogP contribution < -0.4 is 0 Å². The molecule has 2 N–H and O–H groups in total. The van der Waals surface area contributed by atoms with Crippen molar-refractivity contribution in [2.75, 3.05) is 0 Å². The van der Waals surface area contributed by atoms with Crippen LogP contribution >= 0.6 is 0 Å². The Labute approximate surface area is 180 Å². The summed E-state index contributed by atoms with van der Waals surface area (Å²) in [6, 6.07) is 36.5. The number of fused-ring (bicyclic) bond motifs is 5. The van der Waals surface area contributed by atoms with Gasteiger partial charge in [-0.25, -0.2) is 0 Å². The summed E-state index contributed by atoms with van der Waals surface area (Å²) in [5.74, 6) is 0.489. The van der Waals surface area contributed by atoms with Crippen LogP contribution in [0.2, 0.25) is 0 Å². The molecule has 0 fully saturated rings. The van der Waals surface area contributed by atoms with E-state index in [1.165, 1.54) is 33.0 Å². The van der Waals surface area contributed by atoms with Gasteiger partial charge in [0.25, 0.3) is 0 Å². The Balaban J connectivity index is 1.85. The summed E-state index contributed by atoms with van der Waals surface area (Å²) >= 11 is 0. The minimum absolute atomic E-state index is 0.244. The fraction of sp³-hybridized carbons (Fsp3) is 0.0345. The van der Waals surface area contributed by atoms with Crippen molar-refractivity contribution in [1.82, 2.24) is 0 Å². The van der Waals surface area contributed by atoms with E-state index in [-0.39, 0.29) is 11.5 Å². The van der Waals surface area contributed by atoms with Gasteiger partial charge in [0.05, 0.1) is 5.41 Å². The van der Waals surface area contributed by atoms with E-state index < -0.39 is 5.41 Å². The first-order valence-electron chi connectivity index (χ1n) is 10.4. The topological polar surface area (TPSA) is 40.5 Å². The van der Waals surface area contributed by atoms with Gasteiger partial charge in [0.2, 0.25) is 0 Å². The molecule has 1 aliphatic rings. The van der Waals surface area contributed by atoms with Crippen LogP contribution in [0.3, 0.4) is 0 Å². The largest absolute Gasteiger partial charge is 0.508 e. The highest BCUT2D eigenvalue weighted by Crippen LogP contribution is 2.58. The maximum atomic E-state index is 10.0. The number of hydrogen-bond acceptors (Lipinski definition) is 2. The molecule has 0 saturated heterocycles. The molecule has 5 aromatic carbocycles. The second-order valence-corrected chi connectivity index (χ2v) is 8.10. The van der Waals surface area contributed by atoms with Crippen molar-refractivity contribution < 1.29 is 10.2 Å². The lowest BCUT2D eigenvalue weighted by Gasteiger charge is -2.34. The van der Waals surface area contributed by atoms with Crippen LogP contribution in [0.5, 0.6) is 11.5 Å². The van der Waals surface area contributed by atoms with E-state index >= 15 is 0 Å². The standard InChI is InChI=1S/C29H20O2/c30-22-14-10-20(11-15-22)29(21-12-16-23(31)17-13-21)27-8-4-3-7-25(27)26-18-9-19-5-1-2-6-24(19)28(26)29/h1-18,30-31H. The van der Waals surface area contributed by atoms with Crippen molar-refractivity contribution in [2.24, 2.45) is 0 Å². The highest BCUT2D eigenvalue weighted by atomic mass is 16.3.